The van der Waals surface area contributed by atoms with Crippen LogP contribution in [0.4, 0.5) is 16.3 Å². The van der Waals surface area contributed by atoms with Gasteiger partial charge in [-0.2, -0.15) is 5.10 Å². The number of fused-ring (bicyclic) bond motifs is 1. The predicted molar refractivity (Wildman–Crippen MR) is 90.0 cm³/mol. The number of aryl methyl sites for hydroxylation is 3. The van der Waals surface area contributed by atoms with E-state index in [0.717, 1.165) is 16.8 Å². The second-order valence-corrected chi connectivity index (χ2v) is 5.50. The quantitative estimate of drug-likeness (QED) is 0.742. The summed E-state index contributed by atoms with van der Waals surface area (Å²) in [5.74, 6) is 1.01. The summed E-state index contributed by atoms with van der Waals surface area (Å²) in [4.78, 5) is 15.7. The zero-order valence-corrected chi connectivity index (χ0v) is 14.0. The third-order valence-electron chi connectivity index (χ3n) is 3.91. The first-order valence-electron chi connectivity index (χ1n) is 7.42. The van der Waals surface area contributed by atoms with Crippen LogP contribution < -0.4 is 10.1 Å². The van der Waals surface area contributed by atoms with E-state index in [0.29, 0.717) is 11.6 Å². The van der Waals surface area contributed by atoms with Crippen LogP contribution in [0.5, 0.6) is 5.75 Å². The summed E-state index contributed by atoms with van der Waals surface area (Å²) in [5.41, 5.74) is 4.81. The van der Waals surface area contributed by atoms with Gasteiger partial charge in [0, 0.05) is 11.3 Å². The zero-order valence-electron chi connectivity index (χ0n) is 14.0. The van der Waals surface area contributed by atoms with Crippen molar-refractivity contribution < 1.29 is 14.3 Å². The Labute approximate surface area is 139 Å². The number of ether oxygens (including phenoxy) is 2. The van der Waals surface area contributed by atoms with Gasteiger partial charge in [-0.05, 0) is 44.0 Å². The topological polar surface area (TPSA) is 77.8 Å². The Morgan fingerprint density at radius 3 is 2.71 bits per heavy atom. The lowest BCUT2D eigenvalue weighted by atomic mass is 10.1. The van der Waals surface area contributed by atoms with E-state index in [-0.39, 0.29) is 0 Å². The molecule has 0 saturated carbocycles. The maximum absolute atomic E-state index is 11.4. The fourth-order valence-electron chi connectivity index (χ4n) is 2.42. The lowest BCUT2D eigenvalue weighted by Crippen LogP contribution is -2.07. The number of anilines is 2. The fraction of sp³-hybridized carbons (Fsp3) is 0.235. The Bertz CT molecular complexity index is 918. The van der Waals surface area contributed by atoms with E-state index in [1.807, 2.05) is 19.1 Å². The third-order valence-corrected chi connectivity index (χ3v) is 3.91. The highest BCUT2D eigenvalue weighted by Gasteiger charge is 2.16. The Hall–Kier alpha value is -3.09. The number of hydrogen-bond acceptors (Lipinski definition) is 6. The van der Waals surface area contributed by atoms with Gasteiger partial charge in [-0.25, -0.2) is 14.3 Å². The molecule has 3 rings (SSSR count). The molecule has 0 unspecified atom stereocenters. The van der Waals surface area contributed by atoms with Gasteiger partial charge in [0.15, 0.2) is 11.6 Å². The van der Waals surface area contributed by atoms with Crippen molar-refractivity contribution in [1.29, 1.82) is 0 Å². The molecule has 0 bridgehead atoms. The van der Waals surface area contributed by atoms with Crippen molar-refractivity contribution >= 4 is 23.2 Å². The summed E-state index contributed by atoms with van der Waals surface area (Å²) < 4.78 is 11.3. The van der Waals surface area contributed by atoms with Gasteiger partial charge in [-0.1, -0.05) is 6.07 Å². The van der Waals surface area contributed by atoms with E-state index in [1.165, 1.54) is 24.6 Å². The summed E-state index contributed by atoms with van der Waals surface area (Å²) in [6, 6.07) is 6.09. The van der Waals surface area contributed by atoms with Crippen LogP contribution in [0.3, 0.4) is 0 Å². The molecule has 0 aliphatic carbocycles. The molecular formula is C17H18N4O3. The van der Waals surface area contributed by atoms with E-state index in [2.05, 4.69) is 40.1 Å². The van der Waals surface area contributed by atoms with Crippen molar-refractivity contribution in [2.75, 3.05) is 12.4 Å². The zero-order chi connectivity index (χ0) is 17.3. The molecule has 0 radical (unpaired) electrons. The molecule has 1 aromatic carbocycles. The lowest BCUT2D eigenvalue weighted by molar-refractivity contribution is 0.121. The van der Waals surface area contributed by atoms with Gasteiger partial charge >= 0.3 is 6.16 Å². The molecule has 7 nitrogen and oxygen atoms in total. The van der Waals surface area contributed by atoms with Crippen LogP contribution in [0.2, 0.25) is 0 Å². The number of nitrogens with one attached hydrogen (secondary N) is 1. The Morgan fingerprint density at radius 1 is 1.21 bits per heavy atom. The number of aromatic nitrogens is 3. The second-order valence-electron chi connectivity index (χ2n) is 5.50. The molecule has 2 heterocycles. The van der Waals surface area contributed by atoms with Crippen molar-refractivity contribution in [3.63, 3.8) is 0 Å². The fourth-order valence-corrected chi connectivity index (χ4v) is 2.42. The number of carbonyl (C=O) groups excluding carboxylic acids is 1. The summed E-state index contributed by atoms with van der Waals surface area (Å²) in [6.45, 7) is 5.96. The van der Waals surface area contributed by atoms with Crippen LogP contribution in [-0.2, 0) is 4.74 Å². The Morgan fingerprint density at radius 2 is 2.00 bits per heavy atom. The normalized spacial score (nSPS) is 10.7. The van der Waals surface area contributed by atoms with Crippen molar-refractivity contribution in [3.8, 4) is 5.75 Å². The highest BCUT2D eigenvalue weighted by atomic mass is 16.7. The number of benzene rings is 1. The molecule has 24 heavy (non-hydrogen) atoms. The smallest absolute Gasteiger partial charge is 0.437 e. The Balaban J connectivity index is 2.01. The molecule has 0 spiro atoms. The van der Waals surface area contributed by atoms with Gasteiger partial charge in [0.05, 0.1) is 13.3 Å². The van der Waals surface area contributed by atoms with Crippen LogP contribution in [0.15, 0.2) is 30.7 Å². The van der Waals surface area contributed by atoms with Gasteiger partial charge in [0.2, 0.25) is 0 Å². The molecule has 0 aliphatic heterocycles. The first kappa shape index (κ1) is 15.8. The summed E-state index contributed by atoms with van der Waals surface area (Å²) >= 11 is 0. The molecular weight excluding hydrogens is 308 g/mol. The molecule has 0 atom stereocenters. The average Bonchev–Trinajstić information content (AvgIpc) is 2.88. The Kier molecular flexibility index (Phi) is 4.07. The van der Waals surface area contributed by atoms with Crippen LogP contribution >= 0.6 is 0 Å². The summed E-state index contributed by atoms with van der Waals surface area (Å²) in [6.07, 6.45) is 2.29. The maximum atomic E-state index is 11.4. The van der Waals surface area contributed by atoms with E-state index >= 15 is 0 Å². The van der Waals surface area contributed by atoms with E-state index < -0.39 is 6.16 Å². The van der Waals surface area contributed by atoms with E-state index in [9.17, 15) is 4.79 Å². The van der Waals surface area contributed by atoms with Crippen LogP contribution in [0.1, 0.15) is 16.7 Å². The van der Waals surface area contributed by atoms with Crippen LogP contribution in [0, 0.1) is 20.8 Å². The van der Waals surface area contributed by atoms with Gasteiger partial charge in [0.25, 0.3) is 0 Å². The van der Waals surface area contributed by atoms with Crippen molar-refractivity contribution in [1.82, 2.24) is 14.6 Å². The SMILES string of the molecule is COC(=O)Oc1cn2ncnc(Nc3ccc(C)c(C)c3)c2c1C. The van der Waals surface area contributed by atoms with Crippen LogP contribution in [0.25, 0.3) is 5.52 Å². The van der Waals surface area contributed by atoms with Gasteiger partial charge in [-0.15, -0.1) is 0 Å². The van der Waals surface area contributed by atoms with Crippen LogP contribution in [-0.4, -0.2) is 27.9 Å². The standard InChI is InChI=1S/C17H18N4O3/c1-10-5-6-13(7-11(10)2)20-16-15-12(3)14(24-17(22)23-4)8-21(15)19-9-18-16/h5-9H,1-4H3,(H,18,19,20). The minimum atomic E-state index is -0.773. The predicted octanol–water partition coefficient (Wildman–Crippen LogP) is 3.54. The molecule has 0 fully saturated rings. The minimum absolute atomic E-state index is 0.380. The highest BCUT2D eigenvalue weighted by Crippen LogP contribution is 2.30. The van der Waals surface area contributed by atoms with Gasteiger partial charge < -0.3 is 14.8 Å². The average molecular weight is 326 g/mol. The molecule has 0 saturated heterocycles. The summed E-state index contributed by atoms with van der Waals surface area (Å²) in [5, 5.41) is 7.46. The minimum Gasteiger partial charge on any atom is -0.437 e. The lowest BCUT2D eigenvalue weighted by Gasteiger charge is -2.09. The number of carbonyl (C=O) groups is 1. The number of rotatable bonds is 3. The molecule has 124 valence electrons. The van der Waals surface area contributed by atoms with E-state index in [4.69, 9.17) is 4.74 Å². The van der Waals surface area contributed by atoms with E-state index in [1.54, 1.807) is 10.7 Å². The first-order valence-corrected chi connectivity index (χ1v) is 7.42. The second kappa shape index (κ2) is 6.19. The number of methoxy groups -OCH3 is 1. The van der Waals surface area contributed by atoms with Crippen molar-refractivity contribution in [2.45, 2.75) is 20.8 Å². The van der Waals surface area contributed by atoms with Crippen molar-refractivity contribution in [3.05, 3.63) is 47.4 Å². The first-order chi connectivity index (χ1) is 11.5. The highest BCUT2D eigenvalue weighted by molar-refractivity contribution is 5.79. The summed E-state index contributed by atoms with van der Waals surface area (Å²) in [7, 11) is 1.26. The number of nitrogens with zero attached hydrogens (tertiary/aromatic N) is 3. The molecule has 7 heteroatoms. The molecule has 2 aromatic heterocycles. The monoisotopic (exact) mass is 326 g/mol. The van der Waals surface area contributed by atoms with Gasteiger partial charge in [-0.3, -0.25) is 0 Å². The number of hydrogen-bond donors (Lipinski definition) is 1. The maximum Gasteiger partial charge on any atom is 0.513 e. The van der Waals surface area contributed by atoms with Gasteiger partial charge in [0.1, 0.15) is 11.8 Å². The molecule has 3 aromatic rings. The van der Waals surface area contributed by atoms with Crippen molar-refractivity contribution in [2.24, 2.45) is 0 Å². The molecule has 0 amide bonds. The molecule has 1 N–H and O–H groups in total. The molecule has 0 aliphatic rings. The largest absolute Gasteiger partial charge is 0.513 e. The third kappa shape index (κ3) is 2.88.